The molecule has 2 amide bonds. The van der Waals surface area contributed by atoms with E-state index in [4.69, 9.17) is 9.47 Å². The molecule has 1 aromatic heterocycles. The largest absolute Gasteiger partial charge is 0.454 e. The van der Waals surface area contributed by atoms with Crippen LogP contribution in [0.3, 0.4) is 0 Å². The van der Waals surface area contributed by atoms with Crippen molar-refractivity contribution in [2.75, 3.05) is 25.2 Å². The zero-order valence-corrected chi connectivity index (χ0v) is 14.1. The van der Waals surface area contributed by atoms with Gasteiger partial charge in [0, 0.05) is 37.2 Å². The van der Waals surface area contributed by atoms with Crippen molar-refractivity contribution in [3.8, 4) is 11.5 Å². The normalized spacial score (nSPS) is 11.9. The average Bonchev–Trinajstić information content (AvgIpc) is 3.10. The lowest BCUT2D eigenvalue weighted by Crippen LogP contribution is -2.30. The minimum absolute atomic E-state index is 0.143. The molecule has 0 saturated carbocycles. The van der Waals surface area contributed by atoms with Crippen molar-refractivity contribution in [3.63, 3.8) is 0 Å². The van der Waals surface area contributed by atoms with Crippen LogP contribution < -0.4 is 14.8 Å². The molecular weight excluding hydrogens is 322 g/mol. The van der Waals surface area contributed by atoms with Crippen molar-refractivity contribution in [1.29, 1.82) is 0 Å². The fourth-order valence-electron chi connectivity index (χ4n) is 2.55. The smallest absolute Gasteiger partial charge is 0.257 e. The van der Waals surface area contributed by atoms with Gasteiger partial charge < -0.3 is 19.7 Å². The summed E-state index contributed by atoms with van der Waals surface area (Å²) in [6.45, 7) is 5.19. The summed E-state index contributed by atoms with van der Waals surface area (Å²) in [6, 6.07) is 6.70. The first-order valence-corrected chi connectivity index (χ1v) is 8.07. The van der Waals surface area contributed by atoms with E-state index in [1.807, 2.05) is 13.8 Å². The number of ether oxygens (including phenoxy) is 2. The van der Waals surface area contributed by atoms with E-state index in [1.165, 1.54) is 12.4 Å². The number of carbonyl (C=O) groups is 2. The summed E-state index contributed by atoms with van der Waals surface area (Å²) in [6.07, 6.45) is 2.90. The zero-order chi connectivity index (χ0) is 17.8. The molecule has 0 bridgehead atoms. The summed E-state index contributed by atoms with van der Waals surface area (Å²) in [4.78, 5) is 30.5. The van der Waals surface area contributed by atoms with Gasteiger partial charge in [0.1, 0.15) is 0 Å². The highest BCUT2D eigenvalue weighted by molar-refractivity contribution is 6.06. The molecule has 7 nitrogen and oxygen atoms in total. The predicted octanol–water partition coefficient (Wildman–Crippen LogP) is 2.54. The van der Waals surface area contributed by atoms with Gasteiger partial charge in [-0.05, 0) is 32.0 Å². The van der Waals surface area contributed by atoms with Gasteiger partial charge in [0.2, 0.25) is 6.79 Å². The van der Waals surface area contributed by atoms with E-state index in [1.54, 1.807) is 29.2 Å². The van der Waals surface area contributed by atoms with Gasteiger partial charge in [-0.25, -0.2) is 0 Å². The number of fused-ring (bicyclic) bond motifs is 1. The number of nitrogens with one attached hydrogen (secondary N) is 1. The second-order valence-corrected chi connectivity index (χ2v) is 5.46. The molecule has 0 unspecified atom stereocenters. The number of hydrogen-bond acceptors (Lipinski definition) is 5. The molecule has 2 heterocycles. The maximum absolute atomic E-state index is 12.4. The number of carbonyl (C=O) groups excluding carboxylic acids is 2. The van der Waals surface area contributed by atoms with Crippen molar-refractivity contribution in [2.45, 2.75) is 13.8 Å². The Hall–Kier alpha value is -3.09. The number of hydrogen-bond donors (Lipinski definition) is 1. The predicted molar refractivity (Wildman–Crippen MR) is 92.0 cm³/mol. The van der Waals surface area contributed by atoms with Crippen molar-refractivity contribution in [2.24, 2.45) is 0 Å². The number of anilines is 1. The third-order valence-corrected chi connectivity index (χ3v) is 3.93. The Kier molecular flexibility index (Phi) is 4.83. The summed E-state index contributed by atoms with van der Waals surface area (Å²) < 4.78 is 10.5. The molecule has 0 aliphatic carbocycles. The minimum atomic E-state index is -0.347. The Morgan fingerprint density at radius 1 is 1.08 bits per heavy atom. The third-order valence-electron chi connectivity index (χ3n) is 3.93. The molecule has 3 rings (SSSR count). The standard InChI is InChI=1S/C18H19N3O4/c1-3-21(4-2)18(23)13-7-12(9-19-10-13)17(22)20-14-5-6-15-16(8-14)25-11-24-15/h5-10H,3-4,11H2,1-2H3,(H,20,22). The van der Waals surface area contributed by atoms with Crippen LogP contribution in [-0.4, -0.2) is 41.6 Å². The van der Waals surface area contributed by atoms with Crippen LogP contribution in [-0.2, 0) is 0 Å². The van der Waals surface area contributed by atoms with Crippen LogP contribution in [0.25, 0.3) is 0 Å². The van der Waals surface area contributed by atoms with Gasteiger partial charge in [0.15, 0.2) is 11.5 Å². The maximum atomic E-state index is 12.4. The van der Waals surface area contributed by atoms with Crippen molar-refractivity contribution >= 4 is 17.5 Å². The number of aromatic nitrogens is 1. The highest BCUT2D eigenvalue weighted by Crippen LogP contribution is 2.34. The molecule has 2 aromatic rings. The van der Waals surface area contributed by atoms with Crippen molar-refractivity contribution in [3.05, 3.63) is 47.8 Å². The first kappa shape index (κ1) is 16.8. The van der Waals surface area contributed by atoms with Crippen LogP contribution in [0.15, 0.2) is 36.7 Å². The SMILES string of the molecule is CCN(CC)C(=O)c1cncc(C(=O)Nc2ccc3c(c2)OCO3)c1. The highest BCUT2D eigenvalue weighted by atomic mass is 16.7. The van der Waals surface area contributed by atoms with Gasteiger partial charge in [-0.15, -0.1) is 0 Å². The summed E-state index contributed by atoms with van der Waals surface area (Å²) in [5.74, 6) is 0.740. The summed E-state index contributed by atoms with van der Waals surface area (Å²) in [5.41, 5.74) is 1.28. The van der Waals surface area contributed by atoms with E-state index in [0.717, 1.165) is 0 Å². The Labute approximate surface area is 145 Å². The number of rotatable bonds is 5. The van der Waals surface area contributed by atoms with Crippen LogP contribution in [0.2, 0.25) is 0 Å². The second kappa shape index (κ2) is 7.21. The van der Waals surface area contributed by atoms with E-state index >= 15 is 0 Å². The summed E-state index contributed by atoms with van der Waals surface area (Å²) in [5, 5.41) is 2.77. The highest BCUT2D eigenvalue weighted by Gasteiger charge is 2.17. The van der Waals surface area contributed by atoms with Crippen LogP contribution >= 0.6 is 0 Å². The number of pyridine rings is 1. The minimum Gasteiger partial charge on any atom is -0.454 e. The molecule has 0 atom stereocenters. The molecule has 130 valence electrons. The van der Waals surface area contributed by atoms with Crippen LogP contribution in [0, 0.1) is 0 Å². The van der Waals surface area contributed by atoms with Crippen LogP contribution in [0.5, 0.6) is 11.5 Å². The fourth-order valence-corrected chi connectivity index (χ4v) is 2.55. The van der Waals surface area contributed by atoms with Gasteiger partial charge in [-0.2, -0.15) is 0 Å². The van der Waals surface area contributed by atoms with E-state index < -0.39 is 0 Å². The number of benzene rings is 1. The maximum Gasteiger partial charge on any atom is 0.257 e. The molecule has 1 aliphatic rings. The van der Waals surface area contributed by atoms with E-state index in [-0.39, 0.29) is 18.6 Å². The van der Waals surface area contributed by atoms with Gasteiger partial charge >= 0.3 is 0 Å². The second-order valence-electron chi connectivity index (χ2n) is 5.46. The molecule has 1 aliphatic heterocycles. The Bertz CT molecular complexity index is 803. The Balaban J connectivity index is 1.76. The molecule has 1 aromatic carbocycles. The first-order valence-electron chi connectivity index (χ1n) is 8.07. The Morgan fingerprint density at radius 3 is 2.56 bits per heavy atom. The van der Waals surface area contributed by atoms with Gasteiger partial charge in [0.05, 0.1) is 11.1 Å². The zero-order valence-electron chi connectivity index (χ0n) is 14.1. The molecule has 0 saturated heterocycles. The van der Waals surface area contributed by atoms with Crippen molar-refractivity contribution in [1.82, 2.24) is 9.88 Å². The molecule has 1 N–H and O–H groups in total. The Morgan fingerprint density at radius 2 is 1.80 bits per heavy atom. The monoisotopic (exact) mass is 341 g/mol. The molecule has 0 fully saturated rings. The lowest BCUT2D eigenvalue weighted by atomic mass is 10.1. The molecule has 25 heavy (non-hydrogen) atoms. The fraction of sp³-hybridized carbons (Fsp3) is 0.278. The van der Waals surface area contributed by atoms with Crippen LogP contribution in [0.1, 0.15) is 34.6 Å². The first-order chi connectivity index (χ1) is 12.1. The average molecular weight is 341 g/mol. The molecular formula is C18H19N3O4. The molecule has 7 heteroatoms. The lowest BCUT2D eigenvalue weighted by molar-refractivity contribution is 0.0772. The third kappa shape index (κ3) is 3.55. The van der Waals surface area contributed by atoms with E-state index in [2.05, 4.69) is 10.3 Å². The van der Waals surface area contributed by atoms with Crippen molar-refractivity contribution < 1.29 is 19.1 Å². The van der Waals surface area contributed by atoms with E-state index in [9.17, 15) is 9.59 Å². The van der Waals surface area contributed by atoms with Gasteiger partial charge in [-0.1, -0.05) is 0 Å². The van der Waals surface area contributed by atoms with Gasteiger partial charge in [-0.3, -0.25) is 14.6 Å². The van der Waals surface area contributed by atoms with E-state index in [0.29, 0.717) is 41.4 Å². The molecule has 0 radical (unpaired) electrons. The number of nitrogens with zero attached hydrogens (tertiary/aromatic N) is 2. The van der Waals surface area contributed by atoms with Gasteiger partial charge in [0.25, 0.3) is 11.8 Å². The summed E-state index contributed by atoms with van der Waals surface area (Å²) in [7, 11) is 0. The quantitative estimate of drug-likeness (QED) is 0.904. The topological polar surface area (TPSA) is 80.8 Å². The number of amides is 2. The summed E-state index contributed by atoms with van der Waals surface area (Å²) >= 11 is 0. The lowest BCUT2D eigenvalue weighted by Gasteiger charge is -2.18. The molecule has 0 spiro atoms. The van der Waals surface area contributed by atoms with Crippen LogP contribution in [0.4, 0.5) is 5.69 Å².